The van der Waals surface area contributed by atoms with Crippen LogP contribution in [-0.4, -0.2) is 23.0 Å². The topological polar surface area (TPSA) is 87.0 Å². The van der Waals surface area contributed by atoms with Gasteiger partial charge in [-0.25, -0.2) is 9.59 Å². The second-order valence-corrected chi connectivity index (χ2v) is 5.06. The standard InChI is InChI=1S/C15H12ClN3O3/c1-22-14(20)8-2-4-11(10(16)6-8)17-9-3-5-12-13(7-9)19-15(21)18-12/h2-7,17H,1H3,(H2,18,19,21). The van der Waals surface area contributed by atoms with Crippen molar-refractivity contribution in [3.8, 4) is 0 Å². The number of aromatic amines is 2. The van der Waals surface area contributed by atoms with Crippen LogP contribution < -0.4 is 11.0 Å². The zero-order valence-corrected chi connectivity index (χ0v) is 12.3. The Hall–Kier alpha value is -2.73. The van der Waals surface area contributed by atoms with E-state index >= 15 is 0 Å². The molecule has 0 fully saturated rings. The molecule has 1 heterocycles. The first-order valence-electron chi connectivity index (χ1n) is 6.44. The number of imidazole rings is 1. The summed E-state index contributed by atoms with van der Waals surface area (Å²) in [4.78, 5) is 28.0. The maximum Gasteiger partial charge on any atom is 0.337 e. The molecule has 0 aliphatic rings. The zero-order valence-electron chi connectivity index (χ0n) is 11.6. The van der Waals surface area contributed by atoms with Gasteiger partial charge in [0.25, 0.3) is 0 Å². The van der Waals surface area contributed by atoms with Crippen LogP contribution in [0.4, 0.5) is 11.4 Å². The van der Waals surface area contributed by atoms with E-state index in [-0.39, 0.29) is 5.69 Å². The van der Waals surface area contributed by atoms with Gasteiger partial charge in [0, 0.05) is 5.69 Å². The number of H-pyrrole nitrogens is 2. The third-order valence-electron chi connectivity index (χ3n) is 3.19. The molecule has 0 amide bonds. The summed E-state index contributed by atoms with van der Waals surface area (Å²) in [6.07, 6.45) is 0. The van der Waals surface area contributed by atoms with Crippen LogP contribution in [0, 0.1) is 0 Å². The summed E-state index contributed by atoms with van der Waals surface area (Å²) in [6.45, 7) is 0. The Morgan fingerprint density at radius 1 is 1.14 bits per heavy atom. The molecular formula is C15H12ClN3O3. The molecule has 6 nitrogen and oxygen atoms in total. The maximum atomic E-state index is 11.4. The van der Waals surface area contributed by atoms with Crippen LogP contribution >= 0.6 is 11.6 Å². The van der Waals surface area contributed by atoms with Crippen molar-refractivity contribution in [2.75, 3.05) is 12.4 Å². The predicted molar refractivity (Wildman–Crippen MR) is 85.0 cm³/mol. The lowest BCUT2D eigenvalue weighted by atomic mass is 10.2. The number of methoxy groups -OCH3 is 1. The molecule has 0 radical (unpaired) electrons. The Kier molecular flexibility index (Phi) is 3.60. The Bertz CT molecular complexity index is 914. The molecule has 22 heavy (non-hydrogen) atoms. The van der Waals surface area contributed by atoms with E-state index < -0.39 is 5.97 Å². The molecule has 0 atom stereocenters. The number of halogens is 1. The lowest BCUT2D eigenvalue weighted by Crippen LogP contribution is -2.01. The van der Waals surface area contributed by atoms with Crippen LogP contribution in [0.2, 0.25) is 5.02 Å². The van der Waals surface area contributed by atoms with E-state index in [1.54, 1.807) is 24.3 Å². The normalized spacial score (nSPS) is 10.6. The van der Waals surface area contributed by atoms with Crippen molar-refractivity contribution < 1.29 is 9.53 Å². The third kappa shape index (κ3) is 2.68. The molecule has 0 saturated heterocycles. The first-order valence-corrected chi connectivity index (χ1v) is 6.81. The molecule has 0 bridgehead atoms. The number of ether oxygens (including phenoxy) is 1. The smallest absolute Gasteiger partial charge is 0.337 e. The molecule has 0 saturated carbocycles. The van der Waals surface area contributed by atoms with E-state index in [9.17, 15) is 9.59 Å². The van der Waals surface area contributed by atoms with Gasteiger partial charge >= 0.3 is 11.7 Å². The van der Waals surface area contributed by atoms with Crippen molar-refractivity contribution >= 4 is 40.0 Å². The number of aromatic nitrogens is 2. The van der Waals surface area contributed by atoms with Crippen LogP contribution in [-0.2, 0) is 4.74 Å². The van der Waals surface area contributed by atoms with Crippen LogP contribution in [0.1, 0.15) is 10.4 Å². The number of rotatable bonds is 3. The summed E-state index contributed by atoms with van der Waals surface area (Å²) >= 11 is 6.17. The van der Waals surface area contributed by atoms with Gasteiger partial charge in [-0.2, -0.15) is 0 Å². The van der Waals surface area contributed by atoms with Gasteiger partial charge in [-0.1, -0.05) is 11.6 Å². The number of anilines is 2. The highest BCUT2D eigenvalue weighted by Gasteiger charge is 2.09. The van der Waals surface area contributed by atoms with Gasteiger partial charge in [0.05, 0.1) is 34.4 Å². The average Bonchev–Trinajstić information content (AvgIpc) is 2.87. The average molecular weight is 318 g/mol. The lowest BCUT2D eigenvalue weighted by molar-refractivity contribution is 0.0601. The number of carbonyl (C=O) groups excluding carboxylic acids is 1. The Morgan fingerprint density at radius 2 is 1.91 bits per heavy atom. The first kappa shape index (κ1) is 14.2. The third-order valence-corrected chi connectivity index (χ3v) is 3.50. The number of hydrogen-bond donors (Lipinski definition) is 3. The van der Waals surface area contributed by atoms with Crippen LogP contribution in [0.25, 0.3) is 11.0 Å². The van der Waals surface area contributed by atoms with Gasteiger partial charge in [0.1, 0.15) is 0 Å². The summed E-state index contributed by atoms with van der Waals surface area (Å²) in [5.74, 6) is -0.445. The van der Waals surface area contributed by atoms with E-state index in [1.807, 2.05) is 6.07 Å². The van der Waals surface area contributed by atoms with Crippen molar-refractivity contribution in [3.05, 3.63) is 57.5 Å². The van der Waals surface area contributed by atoms with Gasteiger partial charge < -0.3 is 20.0 Å². The molecule has 0 unspecified atom stereocenters. The molecule has 7 heteroatoms. The van der Waals surface area contributed by atoms with E-state index in [1.165, 1.54) is 13.2 Å². The van der Waals surface area contributed by atoms with Gasteiger partial charge in [-0.05, 0) is 36.4 Å². The number of fused-ring (bicyclic) bond motifs is 1. The minimum Gasteiger partial charge on any atom is -0.465 e. The van der Waals surface area contributed by atoms with E-state index in [2.05, 4.69) is 20.0 Å². The fourth-order valence-electron chi connectivity index (χ4n) is 2.13. The largest absolute Gasteiger partial charge is 0.465 e. The van der Waals surface area contributed by atoms with Crippen LogP contribution in [0.15, 0.2) is 41.2 Å². The highest BCUT2D eigenvalue weighted by Crippen LogP contribution is 2.27. The van der Waals surface area contributed by atoms with E-state index in [0.29, 0.717) is 21.8 Å². The summed E-state index contributed by atoms with van der Waals surface area (Å²) < 4.78 is 4.64. The summed E-state index contributed by atoms with van der Waals surface area (Å²) in [5.41, 5.74) is 2.94. The monoisotopic (exact) mass is 317 g/mol. The first-order chi connectivity index (χ1) is 10.6. The van der Waals surface area contributed by atoms with Crippen molar-refractivity contribution in [2.45, 2.75) is 0 Å². The molecule has 2 aromatic carbocycles. The molecule has 0 spiro atoms. The highest BCUT2D eigenvalue weighted by molar-refractivity contribution is 6.33. The molecule has 0 aliphatic heterocycles. The SMILES string of the molecule is COC(=O)c1ccc(Nc2ccc3[nH]c(=O)[nH]c3c2)c(Cl)c1. The minimum absolute atomic E-state index is 0.257. The number of carbonyl (C=O) groups is 1. The van der Waals surface area contributed by atoms with Crippen LogP contribution in [0.5, 0.6) is 0 Å². The Labute approximate surface area is 130 Å². The van der Waals surface area contributed by atoms with E-state index in [0.717, 1.165) is 11.2 Å². The van der Waals surface area contributed by atoms with E-state index in [4.69, 9.17) is 11.6 Å². The zero-order chi connectivity index (χ0) is 15.7. The molecule has 3 N–H and O–H groups in total. The molecule has 112 valence electrons. The fourth-order valence-corrected chi connectivity index (χ4v) is 2.35. The highest BCUT2D eigenvalue weighted by atomic mass is 35.5. The summed E-state index contributed by atoms with van der Waals surface area (Å²) in [5, 5.41) is 3.53. The summed E-state index contributed by atoms with van der Waals surface area (Å²) in [6, 6.07) is 10.2. The predicted octanol–water partition coefficient (Wildman–Crippen LogP) is 3.04. The molecule has 3 rings (SSSR count). The lowest BCUT2D eigenvalue weighted by Gasteiger charge is -2.09. The second kappa shape index (κ2) is 5.57. The van der Waals surface area contributed by atoms with Gasteiger partial charge in [0.15, 0.2) is 0 Å². The number of nitrogens with one attached hydrogen (secondary N) is 3. The minimum atomic E-state index is -0.445. The second-order valence-electron chi connectivity index (χ2n) is 4.65. The molecule has 3 aromatic rings. The van der Waals surface area contributed by atoms with Crippen molar-refractivity contribution in [1.29, 1.82) is 0 Å². The summed E-state index contributed by atoms with van der Waals surface area (Å²) in [7, 11) is 1.31. The fraction of sp³-hybridized carbons (Fsp3) is 0.0667. The van der Waals surface area contributed by atoms with Gasteiger partial charge in [-0.3, -0.25) is 0 Å². The Morgan fingerprint density at radius 3 is 2.64 bits per heavy atom. The van der Waals surface area contributed by atoms with Crippen LogP contribution in [0.3, 0.4) is 0 Å². The van der Waals surface area contributed by atoms with Crippen molar-refractivity contribution in [1.82, 2.24) is 9.97 Å². The molecular weight excluding hydrogens is 306 g/mol. The molecule has 0 aliphatic carbocycles. The number of benzene rings is 2. The van der Waals surface area contributed by atoms with Crippen molar-refractivity contribution in [2.24, 2.45) is 0 Å². The quantitative estimate of drug-likeness (QED) is 0.648. The van der Waals surface area contributed by atoms with Gasteiger partial charge in [-0.15, -0.1) is 0 Å². The number of hydrogen-bond acceptors (Lipinski definition) is 4. The number of esters is 1. The molecule has 1 aromatic heterocycles. The maximum absolute atomic E-state index is 11.4. The van der Waals surface area contributed by atoms with Crippen molar-refractivity contribution in [3.63, 3.8) is 0 Å². The van der Waals surface area contributed by atoms with Gasteiger partial charge in [0.2, 0.25) is 0 Å². The Balaban J connectivity index is 1.90.